The van der Waals surface area contributed by atoms with Crippen molar-refractivity contribution < 1.29 is 0 Å². The molecule has 1 rings (SSSR count). The fourth-order valence-corrected chi connectivity index (χ4v) is 3.24. The van der Waals surface area contributed by atoms with Crippen LogP contribution in [0.25, 0.3) is 0 Å². The zero-order valence-electron chi connectivity index (χ0n) is 15.3. The number of rotatable bonds is 10. The Kier molecular flexibility index (Phi) is 10.3. The molecule has 1 saturated heterocycles. The molecule has 1 aliphatic rings. The summed E-state index contributed by atoms with van der Waals surface area (Å²) in [6.07, 6.45) is 7.78. The first-order chi connectivity index (χ1) is 10.7. The number of unbranched alkanes of at least 4 members (excludes halogenated alkanes) is 1. The lowest BCUT2D eigenvalue weighted by atomic mass is 9.99. The SMILES string of the molecule is CCCCC(CC)CNC(=NC)NCC1CCN(CCC)C1. The molecule has 130 valence electrons. The molecule has 0 saturated carbocycles. The molecule has 1 heterocycles. The number of nitrogens with one attached hydrogen (secondary N) is 2. The molecule has 0 radical (unpaired) electrons. The van der Waals surface area contributed by atoms with E-state index in [9.17, 15) is 0 Å². The van der Waals surface area contributed by atoms with Crippen LogP contribution in [0.2, 0.25) is 0 Å². The van der Waals surface area contributed by atoms with Crippen LogP contribution >= 0.6 is 0 Å². The van der Waals surface area contributed by atoms with Gasteiger partial charge < -0.3 is 15.5 Å². The van der Waals surface area contributed by atoms with Crippen molar-refractivity contribution in [1.82, 2.24) is 15.5 Å². The predicted octanol–water partition coefficient (Wildman–Crippen LogP) is 3.10. The molecule has 0 bridgehead atoms. The summed E-state index contributed by atoms with van der Waals surface area (Å²) < 4.78 is 0. The first-order valence-electron chi connectivity index (χ1n) is 9.40. The largest absolute Gasteiger partial charge is 0.356 e. The van der Waals surface area contributed by atoms with Gasteiger partial charge in [-0.2, -0.15) is 0 Å². The van der Waals surface area contributed by atoms with Crippen molar-refractivity contribution in [1.29, 1.82) is 0 Å². The zero-order chi connectivity index (χ0) is 16.2. The molecule has 0 aromatic heterocycles. The molecule has 4 nitrogen and oxygen atoms in total. The molecule has 0 spiro atoms. The van der Waals surface area contributed by atoms with Crippen LogP contribution < -0.4 is 10.6 Å². The van der Waals surface area contributed by atoms with E-state index in [0.717, 1.165) is 30.9 Å². The Bertz CT molecular complexity index is 303. The number of nitrogens with zero attached hydrogens (tertiary/aromatic N) is 2. The van der Waals surface area contributed by atoms with E-state index < -0.39 is 0 Å². The molecule has 22 heavy (non-hydrogen) atoms. The molecule has 0 aliphatic carbocycles. The van der Waals surface area contributed by atoms with E-state index in [1.807, 2.05) is 7.05 Å². The Labute approximate surface area is 138 Å². The minimum Gasteiger partial charge on any atom is -0.356 e. The minimum atomic E-state index is 0.769. The summed E-state index contributed by atoms with van der Waals surface area (Å²) in [7, 11) is 1.88. The third-order valence-corrected chi connectivity index (χ3v) is 4.79. The van der Waals surface area contributed by atoms with Crippen molar-refractivity contribution in [2.45, 2.75) is 59.3 Å². The Hall–Kier alpha value is -0.770. The van der Waals surface area contributed by atoms with Crippen LogP contribution in [-0.4, -0.2) is 50.6 Å². The van der Waals surface area contributed by atoms with Crippen LogP contribution in [0.5, 0.6) is 0 Å². The highest BCUT2D eigenvalue weighted by Crippen LogP contribution is 2.15. The first kappa shape index (κ1) is 19.3. The Morgan fingerprint density at radius 1 is 1.23 bits per heavy atom. The second kappa shape index (κ2) is 11.8. The minimum absolute atomic E-state index is 0.769. The van der Waals surface area contributed by atoms with Gasteiger partial charge in [-0.1, -0.05) is 40.0 Å². The Morgan fingerprint density at radius 3 is 2.68 bits per heavy atom. The monoisotopic (exact) mass is 310 g/mol. The quantitative estimate of drug-likeness (QED) is 0.481. The molecule has 0 amide bonds. The molecule has 2 unspecified atom stereocenters. The van der Waals surface area contributed by atoms with Gasteiger partial charge in [0.15, 0.2) is 5.96 Å². The molecule has 0 aromatic rings. The summed E-state index contributed by atoms with van der Waals surface area (Å²) in [6, 6.07) is 0. The van der Waals surface area contributed by atoms with Crippen molar-refractivity contribution in [3.05, 3.63) is 0 Å². The van der Waals surface area contributed by atoms with E-state index in [-0.39, 0.29) is 0 Å². The fraction of sp³-hybridized carbons (Fsp3) is 0.944. The molecule has 1 aliphatic heterocycles. The van der Waals surface area contributed by atoms with Crippen molar-refractivity contribution in [3.63, 3.8) is 0 Å². The number of likely N-dealkylation sites (tertiary alicyclic amines) is 1. The molecule has 2 atom stereocenters. The number of hydrogen-bond donors (Lipinski definition) is 2. The van der Waals surface area contributed by atoms with Gasteiger partial charge in [0.25, 0.3) is 0 Å². The summed E-state index contributed by atoms with van der Waals surface area (Å²) in [5, 5.41) is 7.04. The van der Waals surface area contributed by atoms with Gasteiger partial charge >= 0.3 is 0 Å². The fourth-order valence-electron chi connectivity index (χ4n) is 3.24. The van der Waals surface area contributed by atoms with Gasteiger partial charge in [0.2, 0.25) is 0 Å². The van der Waals surface area contributed by atoms with E-state index in [4.69, 9.17) is 0 Å². The standard InChI is InChI=1S/C18H38N4/c1-5-8-9-16(7-3)13-20-18(19-4)21-14-17-10-12-22(15-17)11-6-2/h16-17H,5-15H2,1-4H3,(H2,19,20,21). The lowest BCUT2D eigenvalue weighted by Crippen LogP contribution is -2.42. The van der Waals surface area contributed by atoms with Crippen molar-refractivity contribution in [3.8, 4) is 0 Å². The van der Waals surface area contributed by atoms with Crippen LogP contribution in [-0.2, 0) is 0 Å². The summed E-state index contributed by atoms with van der Waals surface area (Å²) in [5.74, 6) is 2.51. The molecular formula is C18H38N4. The number of guanidine groups is 1. The normalized spacial score (nSPS) is 21.1. The average molecular weight is 311 g/mol. The Balaban J connectivity index is 2.22. The number of hydrogen-bond acceptors (Lipinski definition) is 2. The van der Waals surface area contributed by atoms with Gasteiger partial charge in [-0.25, -0.2) is 0 Å². The lowest BCUT2D eigenvalue weighted by Gasteiger charge is -2.19. The van der Waals surface area contributed by atoms with Crippen LogP contribution in [0, 0.1) is 11.8 Å². The van der Waals surface area contributed by atoms with Crippen LogP contribution in [0.3, 0.4) is 0 Å². The second-order valence-corrected chi connectivity index (χ2v) is 6.71. The topological polar surface area (TPSA) is 39.7 Å². The van der Waals surface area contributed by atoms with E-state index in [1.165, 1.54) is 58.2 Å². The molecule has 0 aromatic carbocycles. The van der Waals surface area contributed by atoms with E-state index in [0.29, 0.717) is 0 Å². The highest BCUT2D eigenvalue weighted by Gasteiger charge is 2.21. The third-order valence-electron chi connectivity index (χ3n) is 4.79. The predicted molar refractivity (Wildman–Crippen MR) is 97.5 cm³/mol. The zero-order valence-corrected chi connectivity index (χ0v) is 15.3. The summed E-state index contributed by atoms with van der Waals surface area (Å²) in [4.78, 5) is 6.96. The molecular weight excluding hydrogens is 272 g/mol. The maximum atomic E-state index is 4.37. The Morgan fingerprint density at radius 2 is 2.05 bits per heavy atom. The van der Waals surface area contributed by atoms with Gasteiger partial charge in [0, 0.05) is 26.7 Å². The van der Waals surface area contributed by atoms with Gasteiger partial charge in [0.1, 0.15) is 0 Å². The first-order valence-corrected chi connectivity index (χ1v) is 9.40. The molecule has 2 N–H and O–H groups in total. The molecule has 1 fully saturated rings. The van der Waals surface area contributed by atoms with Gasteiger partial charge in [-0.3, -0.25) is 4.99 Å². The van der Waals surface area contributed by atoms with Crippen molar-refractivity contribution >= 4 is 5.96 Å². The van der Waals surface area contributed by atoms with Crippen LogP contribution in [0.1, 0.15) is 59.3 Å². The lowest BCUT2D eigenvalue weighted by molar-refractivity contribution is 0.324. The van der Waals surface area contributed by atoms with Gasteiger partial charge in [-0.05, 0) is 44.2 Å². The summed E-state index contributed by atoms with van der Waals surface area (Å²) >= 11 is 0. The maximum Gasteiger partial charge on any atom is 0.190 e. The van der Waals surface area contributed by atoms with Crippen LogP contribution in [0.15, 0.2) is 4.99 Å². The smallest absolute Gasteiger partial charge is 0.190 e. The van der Waals surface area contributed by atoms with Crippen LogP contribution in [0.4, 0.5) is 0 Å². The summed E-state index contributed by atoms with van der Waals surface area (Å²) in [5.41, 5.74) is 0. The molecule has 4 heteroatoms. The maximum absolute atomic E-state index is 4.37. The van der Waals surface area contributed by atoms with E-state index in [1.54, 1.807) is 0 Å². The number of aliphatic imine (C=N–C) groups is 1. The third kappa shape index (κ3) is 7.48. The highest BCUT2D eigenvalue weighted by atomic mass is 15.2. The van der Waals surface area contributed by atoms with Gasteiger partial charge in [0.05, 0.1) is 0 Å². The van der Waals surface area contributed by atoms with Crippen molar-refractivity contribution in [2.24, 2.45) is 16.8 Å². The van der Waals surface area contributed by atoms with E-state index >= 15 is 0 Å². The van der Waals surface area contributed by atoms with Gasteiger partial charge in [-0.15, -0.1) is 0 Å². The van der Waals surface area contributed by atoms with E-state index in [2.05, 4.69) is 41.3 Å². The highest BCUT2D eigenvalue weighted by molar-refractivity contribution is 5.79. The second-order valence-electron chi connectivity index (χ2n) is 6.71. The average Bonchev–Trinajstić information content (AvgIpc) is 2.98. The summed E-state index contributed by atoms with van der Waals surface area (Å²) in [6.45, 7) is 12.7. The van der Waals surface area contributed by atoms with Crippen molar-refractivity contribution in [2.75, 3.05) is 39.8 Å².